The highest BCUT2D eigenvalue weighted by atomic mass is 16.2. The number of rotatable bonds is 5. The van der Waals surface area contributed by atoms with Crippen molar-refractivity contribution >= 4 is 5.69 Å². The van der Waals surface area contributed by atoms with Crippen LogP contribution in [0.1, 0.15) is 38.7 Å². The molecule has 0 spiro atoms. The van der Waals surface area contributed by atoms with Gasteiger partial charge in [-0.05, 0) is 63.8 Å². The molecule has 1 aliphatic rings. The van der Waals surface area contributed by atoms with Crippen molar-refractivity contribution < 1.29 is 5.11 Å². The molecule has 0 amide bonds. The van der Waals surface area contributed by atoms with E-state index >= 15 is 0 Å². The molecular weight excluding hydrogens is 248 g/mol. The predicted molar refractivity (Wildman–Crippen MR) is 85.2 cm³/mol. The van der Waals surface area contributed by atoms with Crippen molar-refractivity contribution in [3.63, 3.8) is 0 Å². The molecule has 2 rings (SSSR count). The number of benzene rings is 1. The minimum Gasteiger partial charge on any atom is -0.396 e. The van der Waals surface area contributed by atoms with Gasteiger partial charge in [0.15, 0.2) is 0 Å². The van der Waals surface area contributed by atoms with Crippen LogP contribution in [-0.4, -0.2) is 41.8 Å². The zero-order valence-electron chi connectivity index (χ0n) is 12.8. The monoisotopic (exact) mass is 276 g/mol. The van der Waals surface area contributed by atoms with Gasteiger partial charge in [-0.2, -0.15) is 0 Å². The van der Waals surface area contributed by atoms with E-state index in [1.807, 2.05) is 0 Å². The summed E-state index contributed by atoms with van der Waals surface area (Å²) in [7, 11) is 0. The zero-order chi connectivity index (χ0) is 14.4. The molecule has 1 aliphatic heterocycles. The molecule has 1 heterocycles. The van der Waals surface area contributed by atoms with Gasteiger partial charge in [-0.15, -0.1) is 0 Å². The van der Waals surface area contributed by atoms with E-state index < -0.39 is 0 Å². The lowest BCUT2D eigenvalue weighted by atomic mass is 10.1. The molecule has 1 aromatic carbocycles. The molecule has 112 valence electrons. The number of aliphatic hydroxyl groups excluding tert-OH is 1. The van der Waals surface area contributed by atoms with Crippen molar-refractivity contribution in [2.45, 2.75) is 51.6 Å². The van der Waals surface area contributed by atoms with Crippen LogP contribution in [0.3, 0.4) is 0 Å². The van der Waals surface area contributed by atoms with Crippen molar-refractivity contribution in [1.29, 1.82) is 0 Å². The Balaban J connectivity index is 1.86. The molecule has 3 heteroatoms. The first-order chi connectivity index (χ1) is 9.69. The lowest BCUT2D eigenvalue weighted by Gasteiger charge is -2.24. The molecule has 0 bridgehead atoms. The van der Waals surface area contributed by atoms with Crippen LogP contribution in [0.2, 0.25) is 0 Å². The molecule has 1 saturated heterocycles. The minimum atomic E-state index is 0.223. The highest BCUT2D eigenvalue weighted by Crippen LogP contribution is 2.18. The highest BCUT2D eigenvalue weighted by molar-refractivity contribution is 5.45. The van der Waals surface area contributed by atoms with E-state index in [0.29, 0.717) is 12.1 Å². The van der Waals surface area contributed by atoms with E-state index in [4.69, 9.17) is 5.11 Å². The smallest absolute Gasteiger partial charge is 0.0471 e. The van der Waals surface area contributed by atoms with Crippen LogP contribution in [0, 0.1) is 0 Å². The second-order valence-corrected chi connectivity index (χ2v) is 6.07. The Hall–Kier alpha value is -1.06. The first-order valence-electron chi connectivity index (χ1n) is 7.89. The predicted octanol–water partition coefficient (Wildman–Crippen LogP) is 2.90. The van der Waals surface area contributed by atoms with Gasteiger partial charge < -0.3 is 15.3 Å². The van der Waals surface area contributed by atoms with Gasteiger partial charge in [-0.1, -0.05) is 12.1 Å². The maximum Gasteiger partial charge on any atom is 0.0471 e. The third-order valence-corrected chi connectivity index (χ3v) is 4.22. The fraction of sp³-hybridized carbons (Fsp3) is 0.647. The molecule has 1 atom stereocenters. The van der Waals surface area contributed by atoms with Crippen LogP contribution in [-0.2, 0) is 6.42 Å². The van der Waals surface area contributed by atoms with Crippen molar-refractivity contribution in [2.24, 2.45) is 0 Å². The molecule has 0 saturated carbocycles. The standard InChI is InChI=1S/C17H28N2O/c1-14(2)19-11-3-4-16(9-12-19)18-17-7-5-15(6-8-17)10-13-20/h5-8,14,16,18,20H,3-4,9-13H2,1-2H3. The molecule has 0 aliphatic carbocycles. The topological polar surface area (TPSA) is 35.5 Å². The zero-order valence-corrected chi connectivity index (χ0v) is 12.8. The fourth-order valence-corrected chi connectivity index (χ4v) is 2.91. The van der Waals surface area contributed by atoms with Crippen LogP contribution >= 0.6 is 0 Å². The summed E-state index contributed by atoms with van der Waals surface area (Å²) in [6.45, 7) is 7.21. The quantitative estimate of drug-likeness (QED) is 0.868. The van der Waals surface area contributed by atoms with Crippen LogP contribution in [0.25, 0.3) is 0 Å². The molecule has 0 radical (unpaired) electrons. The van der Waals surface area contributed by atoms with Crippen LogP contribution in [0.15, 0.2) is 24.3 Å². The average Bonchev–Trinajstić information content (AvgIpc) is 2.67. The van der Waals surface area contributed by atoms with Gasteiger partial charge >= 0.3 is 0 Å². The Labute approximate surface area is 123 Å². The number of hydrogen-bond acceptors (Lipinski definition) is 3. The molecule has 1 aromatic rings. The number of anilines is 1. The van der Waals surface area contributed by atoms with E-state index in [-0.39, 0.29) is 6.61 Å². The molecule has 1 fully saturated rings. The van der Waals surface area contributed by atoms with E-state index in [9.17, 15) is 0 Å². The van der Waals surface area contributed by atoms with Gasteiger partial charge in [0, 0.05) is 30.9 Å². The van der Waals surface area contributed by atoms with Gasteiger partial charge in [-0.25, -0.2) is 0 Å². The molecule has 3 nitrogen and oxygen atoms in total. The van der Waals surface area contributed by atoms with Crippen LogP contribution in [0.4, 0.5) is 5.69 Å². The number of nitrogens with one attached hydrogen (secondary N) is 1. The van der Waals surface area contributed by atoms with Crippen LogP contribution in [0.5, 0.6) is 0 Å². The lowest BCUT2D eigenvalue weighted by molar-refractivity contribution is 0.230. The molecule has 1 unspecified atom stereocenters. The maximum absolute atomic E-state index is 8.93. The normalized spacial score (nSPS) is 20.9. The maximum atomic E-state index is 8.93. The number of nitrogens with zero attached hydrogens (tertiary/aromatic N) is 1. The summed E-state index contributed by atoms with van der Waals surface area (Å²) >= 11 is 0. The Morgan fingerprint density at radius 1 is 1.20 bits per heavy atom. The minimum absolute atomic E-state index is 0.223. The van der Waals surface area contributed by atoms with Crippen molar-refractivity contribution in [3.8, 4) is 0 Å². The van der Waals surface area contributed by atoms with Crippen LogP contribution < -0.4 is 5.32 Å². The summed E-state index contributed by atoms with van der Waals surface area (Å²) < 4.78 is 0. The summed E-state index contributed by atoms with van der Waals surface area (Å²) in [5, 5.41) is 12.6. The number of hydrogen-bond donors (Lipinski definition) is 2. The summed E-state index contributed by atoms with van der Waals surface area (Å²) in [5.41, 5.74) is 2.40. The van der Waals surface area contributed by atoms with Crippen molar-refractivity contribution in [3.05, 3.63) is 29.8 Å². The number of likely N-dealkylation sites (tertiary alicyclic amines) is 1. The van der Waals surface area contributed by atoms with Gasteiger partial charge in [0.25, 0.3) is 0 Å². The first kappa shape index (κ1) is 15.3. The van der Waals surface area contributed by atoms with Crippen molar-refractivity contribution in [2.75, 3.05) is 25.0 Å². The van der Waals surface area contributed by atoms with Gasteiger partial charge in [-0.3, -0.25) is 0 Å². The average molecular weight is 276 g/mol. The van der Waals surface area contributed by atoms with Gasteiger partial charge in [0.1, 0.15) is 0 Å². The second kappa shape index (κ2) is 7.65. The van der Waals surface area contributed by atoms with E-state index in [2.05, 4.69) is 48.3 Å². The second-order valence-electron chi connectivity index (χ2n) is 6.07. The van der Waals surface area contributed by atoms with E-state index in [1.54, 1.807) is 0 Å². The summed E-state index contributed by atoms with van der Waals surface area (Å²) in [4.78, 5) is 2.58. The molecular formula is C17H28N2O. The summed E-state index contributed by atoms with van der Waals surface area (Å²) in [6.07, 6.45) is 4.49. The largest absolute Gasteiger partial charge is 0.396 e. The van der Waals surface area contributed by atoms with Crippen molar-refractivity contribution in [1.82, 2.24) is 4.90 Å². The number of aliphatic hydroxyl groups is 1. The third-order valence-electron chi connectivity index (χ3n) is 4.22. The lowest BCUT2D eigenvalue weighted by Crippen LogP contribution is -2.32. The van der Waals surface area contributed by atoms with E-state index in [0.717, 1.165) is 6.42 Å². The fourth-order valence-electron chi connectivity index (χ4n) is 2.91. The first-order valence-corrected chi connectivity index (χ1v) is 7.89. The summed E-state index contributed by atoms with van der Waals surface area (Å²) in [5.74, 6) is 0. The molecule has 20 heavy (non-hydrogen) atoms. The summed E-state index contributed by atoms with van der Waals surface area (Å²) in [6, 6.07) is 9.73. The van der Waals surface area contributed by atoms with E-state index in [1.165, 1.54) is 43.6 Å². The van der Waals surface area contributed by atoms with Gasteiger partial charge in [0.2, 0.25) is 0 Å². The highest BCUT2D eigenvalue weighted by Gasteiger charge is 2.18. The third kappa shape index (κ3) is 4.50. The SMILES string of the molecule is CC(C)N1CCCC(Nc2ccc(CCO)cc2)CC1. The molecule has 0 aromatic heterocycles. The Bertz CT molecular complexity index is 388. The Morgan fingerprint density at radius 3 is 2.60 bits per heavy atom. The Kier molecular flexibility index (Phi) is 5.86. The molecule has 2 N–H and O–H groups in total. The van der Waals surface area contributed by atoms with Gasteiger partial charge in [0.05, 0.1) is 0 Å². The Morgan fingerprint density at radius 2 is 1.95 bits per heavy atom.